The molecular weight excluding hydrogens is 244 g/mol. The number of hydrogen-bond acceptors (Lipinski definition) is 3. The molecule has 0 bridgehead atoms. The van der Waals surface area contributed by atoms with Gasteiger partial charge in [-0.3, -0.25) is 0 Å². The number of benzene rings is 1. The number of aliphatic carboxylic acids is 1. The number of ether oxygens (including phenoxy) is 2. The quantitative estimate of drug-likeness (QED) is 0.606. The van der Waals surface area contributed by atoms with Crippen molar-refractivity contribution in [1.82, 2.24) is 0 Å². The molecule has 0 radical (unpaired) electrons. The van der Waals surface area contributed by atoms with E-state index in [4.69, 9.17) is 14.6 Å². The zero-order valence-corrected chi connectivity index (χ0v) is 11.2. The van der Waals surface area contributed by atoms with Crippen molar-refractivity contribution in [1.29, 1.82) is 0 Å². The third-order valence-corrected chi connectivity index (χ3v) is 2.16. The van der Waals surface area contributed by atoms with Crippen molar-refractivity contribution in [2.45, 2.75) is 13.8 Å². The summed E-state index contributed by atoms with van der Waals surface area (Å²) in [5.74, 6) is 0.231. The van der Waals surface area contributed by atoms with Crippen LogP contribution in [0.25, 0.3) is 6.08 Å². The van der Waals surface area contributed by atoms with Crippen LogP contribution in [0.3, 0.4) is 0 Å². The Morgan fingerprint density at radius 1 is 1.37 bits per heavy atom. The lowest BCUT2D eigenvalue weighted by Crippen LogP contribution is -2.01. The lowest BCUT2D eigenvalue weighted by molar-refractivity contribution is -0.131. The van der Waals surface area contributed by atoms with Gasteiger partial charge in [0.2, 0.25) is 0 Å². The lowest BCUT2D eigenvalue weighted by Gasteiger charge is -2.12. The van der Waals surface area contributed by atoms with Crippen molar-refractivity contribution >= 4 is 12.0 Å². The largest absolute Gasteiger partial charge is 0.490 e. The highest BCUT2D eigenvalue weighted by Crippen LogP contribution is 2.29. The van der Waals surface area contributed by atoms with Crippen LogP contribution in [0.15, 0.2) is 36.4 Å². The zero-order chi connectivity index (χ0) is 14.3. The molecule has 1 N–H and O–H groups in total. The third kappa shape index (κ3) is 5.29. The summed E-state index contributed by atoms with van der Waals surface area (Å²) in [5.41, 5.74) is 1.66. The standard InChI is InChI=1S/C15H18O4/c1-4-18-14-9-12(6-8-15(16)17)5-7-13(14)19-10-11(2)3/h5-9H,2,4,10H2,1,3H3,(H,16,17)/b8-6+. The van der Waals surface area contributed by atoms with Gasteiger partial charge in [0.25, 0.3) is 0 Å². The van der Waals surface area contributed by atoms with E-state index in [1.807, 2.05) is 13.8 Å². The highest BCUT2D eigenvalue weighted by atomic mass is 16.5. The van der Waals surface area contributed by atoms with Crippen molar-refractivity contribution in [3.8, 4) is 11.5 Å². The van der Waals surface area contributed by atoms with Crippen molar-refractivity contribution in [2.75, 3.05) is 13.2 Å². The second-order valence-electron chi connectivity index (χ2n) is 4.06. The van der Waals surface area contributed by atoms with Crippen LogP contribution in [0.2, 0.25) is 0 Å². The fourth-order valence-electron chi connectivity index (χ4n) is 1.38. The second-order valence-corrected chi connectivity index (χ2v) is 4.06. The van der Waals surface area contributed by atoms with Crippen molar-refractivity contribution in [3.05, 3.63) is 42.0 Å². The first-order chi connectivity index (χ1) is 9.02. The Labute approximate surface area is 113 Å². The SMILES string of the molecule is C=C(C)COc1ccc(/C=C/C(=O)O)cc1OCC. The van der Waals surface area contributed by atoms with Gasteiger partial charge in [-0.25, -0.2) is 4.79 Å². The van der Waals surface area contributed by atoms with Crippen LogP contribution in [-0.2, 0) is 4.79 Å². The summed E-state index contributed by atoms with van der Waals surface area (Å²) in [7, 11) is 0. The molecule has 4 nitrogen and oxygen atoms in total. The third-order valence-electron chi connectivity index (χ3n) is 2.16. The molecule has 1 aromatic carbocycles. The molecule has 0 unspecified atom stereocenters. The molecule has 0 aliphatic heterocycles. The smallest absolute Gasteiger partial charge is 0.328 e. The van der Waals surface area contributed by atoms with Crippen LogP contribution in [0.1, 0.15) is 19.4 Å². The monoisotopic (exact) mass is 262 g/mol. The summed E-state index contributed by atoms with van der Waals surface area (Å²) < 4.78 is 11.0. The van der Waals surface area contributed by atoms with Crippen LogP contribution in [0, 0.1) is 0 Å². The molecule has 0 saturated carbocycles. The predicted molar refractivity (Wildman–Crippen MR) is 74.6 cm³/mol. The Morgan fingerprint density at radius 3 is 2.68 bits per heavy atom. The molecule has 0 aliphatic carbocycles. The highest BCUT2D eigenvalue weighted by Gasteiger charge is 2.05. The minimum absolute atomic E-state index is 0.421. The first-order valence-electron chi connectivity index (χ1n) is 5.98. The van der Waals surface area contributed by atoms with Gasteiger partial charge >= 0.3 is 5.97 Å². The Bertz CT molecular complexity index is 489. The van der Waals surface area contributed by atoms with Crippen molar-refractivity contribution < 1.29 is 19.4 Å². The van der Waals surface area contributed by atoms with Gasteiger partial charge in [0.05, 0.1) is 6.61 Å². The Kier molecular flexibility index (Phi) is 5.67. The van der Waals surface area contributed by atoms with E-state index in [1.165, 1.54) is 6.08 Å². The molecule has 0 fully saturated rings. The van der Waals surface area contributed by atoms with Crippen LogP contribution < -0.4 is 9.47 Å². The molecule has 0 spiro atoms. The molecule has 4 heteroatoms. The number of carbonyl (C=O) groups is 1. The van der Waals surface area contributed by atoms with Crippen LogP contribution in [0.4, 0.5) is 0 Å². The van der Waals surface area contributed by atoms with Gasteiger partial charge < -0.3 is 14.6 Å². The van der Waals surface area contributed by atoms with Crippen LogP contribution >= 0.6 is 0 Å². The predicted octanol–water partition coefficient (Wildman–Crippen LogP) is 3.14. The fraction of sp³-hybridized carbons (Fsp3) is 0.267. The van der Waals surface area contributed by atoms with E-state index in [0.29, 0.717) is 24.7 Å². The van der Waals surface area contributed by atoms with Crippen molar-refractivity contribution in [2.24, 2.45) is 0 Å². The van der Waals surface area contributed by atoms with Gasteiger partial charge in [-0.2, -0.15) is 0 Å². The maximum Gasteiger partial charge on any atom is 0.328 e. The molecule has 0 atom stereocenters. The number of carboxylic acid groups (broad SMARTS) is 1. The molecule has 0 aliphatic rings. The summed E-state index contributed by atoms with van der Waals surface area (Å²) in [6.07, 6.45) is 2.59. The highest BCUT2D eigenvalue weighted by molar-refractivity contribution is 5.85. The van der Waals surface area contributed by atoms with Gasteiger partial charge in [0, 0.05) is 6.08 Å². The maximum atomic E-state index is 10.5. The second kappa shape index (κ2) is 7.26. The number of carboxylic acids is 1. The molecular formula is C15H18O4. The molecule has 0 aromatic heterocycles. The molecule has 0 saturated heterocycles. The first kappa shape index (κ1) is 14.8. The Morgan fingerprint density at radius 2 is 2.11 bits per heavy atom. The van der Waals surface area contributed by atoms with Crippen LogP contribution in [-0.4, -0.2) is 24.3 Å². The molecule has 0 amide bonds. The van der Waals surface area contributed by atoms with E-state index < -0.39 is 5.97 Å². The molecule has 102 valence electrons. The zero-order valence-electron chi connectivity index (χ0n) is 11.2. The fourth-order valence-corrected chi connectivity index (χ4v) is 1.38. The average molecular weight is 262 g/mol. The topological polar surface area (TPSA) is 55.8 Å². The summed E-state index contributed by atoms with van der Waals surface area (Å²) in [6, 6.07) is 5.28. The van der Waals surface area contributed by atoms with Gasteiger partial charge in [-0.1, -0.05) is 12.6 Å². The average Bonchev–Trinajstić information content (AvgIpc) is 2.35. The minimum atomic E-state index is -0.986. The maximum absolute atomic E-state index is 10.5. The minimum Gasteiger partial charge on any atom is -0.490 e. The van der Waals surface area contributed by atoms with E-state index in [1.54, 1.807) is 18.2 Å². The first-order valence-corrected chi connectivity index (χ1v) is 5.98. The summed E-state index contributed by atoms with van der Waals surface area (Å²) in [6.45, 7) is 8.46. The summed E-state index contributed by atoms with van der Waals surface area (Å²) in [4.78, 5) is 10.5. The van der Waals surface area contributed by atoms with Crippen LogP contribution in [0.5, 0.6) is 11.5 Å². The van der Waals surface area contributed by atoms with E-state index in [-0.39, 0.29) is 0 Å². The molecule has 19 heavy (non-hydrogen) atoms. The van der Waals surface area contributed by atoms with Gasteiger partial charge in [0.15, 0.2) is 11.5 Å². The van der Waals surface area contributed by atoms with Gasteiger partial charge in [0.1, 0.15) is 6.61 Å². The van der Waals surface area contributed by atoms with Gasteiger partial charge in [-0.15, -0.1) is 0 Å². The Balaban J connectivity index is 2.93. The summed E-state index contributed by atoms with van der Waals surface area (Å²) >= 11 is 0. The van der Waals surface area contributed by atoms with E-state index in [9.17, 15) is 4.79 Å². The molecule has 0 heterocycles. The number of hydrogen-bond donors (Lipinski definition) is 1. The van der Waals surface area contributed by atoms with E-state index in [0.717, 1.165) is 17.2 Å². The summed E-state index contributed by atoms with van der Waals surface area (Å²) in [5, 5.41) is 8.59. The van der Waals surface area contributed by atoms with E-state index in [2.05, 4.69) is 6.58 Å². The van der Waals surface area contributed by atoms with E-state index >= 15 is 0 Å². The normalized spacial score (nSPS) is 10.4. The molecule has 1 aromatic rings. The Hall–Kier alpha value is -2.23. The molecule has 1 rings (SSSR count). The number of rotatable bonds is 7. The lowest BCUT2D eigenvalue weighted by atomic mass is 10.2. The van der Waals surface area contributed by atoms with Crippen molar-refractivity contribution in [3.63, 3.8) is 0 Å². The van der Waals surface area contributed by atoms with Gasteiger partial charge in [-0.05, 0) is 43.2 Å².